The summed E-state index contributed by atoms with van der Waals surface area (Å²) in [5, 5.41) is 0. The molecule has 1 aromatic carbocycles. The minimum Gasteiger partial charge on any atom is -0.467 e. The maximum absolute atomic E-state index is 13.3. The van der Waals surface area contributed by atoms with Crippen LogP contribution < -0.4 is 0 Å². The molecule has 2 amide bonds. The van der Waals surface area contributed by atoms with Gasteiger partial charge in [-0.15, -0.1) is 0 Å². The van der Waals surface area contributed by atoms with E-state index in [0.29, 0.717) is 19.5 Å². The maximum atomic E-state index is 13.3. The fourth-order valence-electron chi connectivity index (χ4n) is 4.90. The van der Waals surface area contributed by atoms with Crippen LogP contribution in [0.4, 0.5) is 0 Å². The average molecular weight is 474 g/mol. The van der Waals surface area contributed by atoms with Crippen molar-refractivity contribution in [2.24, 2.45) is 5.92 Å². The molecule has 34 heavy (non-hydrogen) atoms. The van der Waals surface area contributed by atoms with Crippen LogP contribution in [0, 0.1) is 5.92 Å². The molecule has 186 valence electrons. The van der Waals surface area contributed by atoms with Gasteiger partial charge in [-0.2, -0.15) is 0 Å². The first-order valence-electron chi connectivity index (χ1n) is 12.1. The standard InChI is InChI=1S/C25H35N3O6/c1-17(2)15-19(25(31)32-3)28-16-20-33-21(22(34-20)24(28)30)23(29)27-13-11-26(12-14-27)10-9-18-7-5-4-6-8-18/h4-8,17,19-22H,9-16H2,1-3H3/t19-,20-,21+,22-/m0/s1. The number of amides is 2. The first-order valence-corrected chi connectivity index (χ1v) is 12.1. The second-order valence-corrected chi connectivity index (χ2v) is 9.60. The number of hydrogen-bond acceptors (Lipinski definition) is 7. The summed E-state index contributed by atoms with van der Waals surface area (Å²) in [4.78, 5) is 44.5. The normalized spacial score (nSPS) is 26.1. The minimum atomic E-state index is -1.03. The fraction of sp³-hybridized carbons (Fsp3) is 0.640. The van der Waals surface area contributed by atoms with E-state index in [1.54, 1.807) is 4.90 Å². The van der Waals surface area contributed by atoms with E-state index in [1.807, 2.05) is 32.0 Å². The summed E-state index contributed by atoms with van der Waals surface area (Å²) in [7, 11) is 1.32. The van der Waals surface area contributed by atoms with E-state index in [0.717, 1.165) is 26.1 Å². The van der Waals surface area contributed by atoms with E-state index in [-0.39, 0.29) is 24.3 Å². The number of carbonyl (C=O) groups excluding carboxylic acids is 3. The number of methoxy groups -OCH3 is 1. The third-order valence-electron chi connectivity index (χ3n) is 6.78. The molecule has 2 bridgehead atoms. The van der Waals surface area contributed by atoms with Crippen molar-refractivity contribution in [3.63, 3.8) is 0 Å². The highest BCUT2D eigenvalue weighted by Crippen LogP contribution is 2.31. The number of hydrogen-bond donors (Lipinski definition) is 0. The summed E-state index contributed by atoms with van der Waals surface area (Å²) in [6.45, 7) is 7.74. The second-order valence-electron chi connectivity index (χ2n) is 9.60. The second kappa shape index (κ2) is 10.8. The van der Waals surface area contributed by atoms with Gasteiger partial charge in [0.15, 0.2) is 18.5 Å². The lowest BCUT2D eigenvalue weighted by Crippen LogP contribution is -2.58. The van der Waals surface area contributed by atoms with Gasteiger partial charge in [0.05, 0.1) is 13.7 Å². The van der Waals surface area contributed by atoms with Crippen molar-refractivity contribution in [1.29, 1.82) is 0 Å². The van der Waals surface area contributed by atoms with Gasteiger partial charge < -0.3 is 24.0 Å². The molecule has 0 aliphatic carbocycles. The van der Waals surface area contributed by atoms with Crippen molar-refractivity contribution in [3.8, 4) is 0 Å². The largest absolute Gasteiger partial charge is 0.467 e. The number of esters is 1. The molecule has 4 atom stereocenters. The lowest BCUT2D eigenvalue weighted by atomic mass is 10.0. The molecule has 0 radical (unpaired) electrons. The van der Waals surface area contributed by atoms with E-state index < -0.39 is 30.5 Å². The monoisotopic (exact) mass is 473 g/mol. The third-order valence-corrected chi connectivity index (χ3v) is 6.78. The molecule has 0 N–H and O–H groups in total. The Morgan fingerprint density at radius 3 is 2.44 bits per heavy atom. The number of nitrogens with zero attached hydrogens (tertiary/aromatic N) is 3. The Balaban J connectivity index is 1.33. The van der Waals surface area contributed by atoms with Crippen molar-refractivity contribution < 1.29 is 28.6 Å². The van der Waals surface area contributed by atoms with Gasteiger partial charge in [0, 0.05) is 32.7 Å². The van der Waals surface area contributed by atoms with Crippen molar-refractivity contribution in [3.05, 3.63) is 35.9 Å². The first kappa shape index (κ1) is 24.6. The minimum absolute atomic E-state index is 0.110. The van der Waals surface area contributed by atoms with Gasteiger partial charge in [-0.3, -0.25) is 14.5 Å². The number of morpholine rings is 1. The molecule has 4 rings (SSSR count). The van der Waals surface area contributed by atoms with E-state index >= 15 is 0 Å². The summed E-state index contributed by atoms with van der Waals surface area (Å²) in [5.74, 6) is -0.875. The summed E-state index contributed by atoms with van der Waals surface area (Å²) >= 11 is 0. The molecule has 1 aromatic rings. The van der Waals surface area contributed by atoms with E-state index in [2.05, 4.69) is 17.0 Å². The molecule has 3 heterocycles. The Kier molecular flexibility index (Phi) is 7.85. The van der Waals surface area contributed by atoms with E-state index in [1.165, 1.54) is 17.6 Å². The van der Waals surface area contributed by atoms with Gasteiger partial charge in [0.2, 0.25) is 0 Å². The number of piperazine rings is 1. The molecule has 9 heteroatoms. The quantitative estimate of drug-likeness (QED) is 0.519. The van der Waals surface area contributed by atoms with Crippen LogP contribution in [-0.2, 0) is 35.0 Å². The molecule has 0 unspecified atom stereocenters. The Bertz CT molecular complexity index is 871. The number of fused-ring (bicyclic) bond motifs is 2. The van der Waals surface area contributed by atoms with Gasteiger partial charge in [0.1, 0.15) is 6.04 Å². The average Bonchev–Trinajstić information content (AvgIpc) is 3.22. The third kappa shape index (κ3) is 5.42. The molecular weight excluding hydrogens is 438 g/mol. The van der Waals surface area contributed by atoms with Crippen LogP contribution in [0.15, 0.2) is 30.3 Å². The van der Waals surface area contributed by atoms with Crippen LogP contribution in [0.5, 0.6) is 0 Å². The summed E-state index contributed by atoms with van der Waals surface area (Å²) in [5.41, 5.74) is 1.30. The van der Waals surface area contributed by atoms with Crippen LogP contribution in [-0.4, -0.2) is 103 Å². The lowest BCUT2D eigenvalue weighted by molar-refractivity contribution is -0.174. The molecule has 3 aliphatic rings. The summed E-state index contributed by atoms with van der Waals surface area (Å²) in [6.07, 6.45) is -1.28. The van der Waals surface area contributed by atoms with Crippen molar-refractivity contribution in [2.75, 3.05) is 46.4 Å². The van der Waals surface area contributed by atoms with Crippen LogP contribution in [0.3, 0.4) is 0 Å². The molecular formula is C25H35N3O6. The number of benzene rings is 1. The fourth-order valence-corrected chi connectivity index (χ4v) is 4.90. The number of rotatable bonds is 8. The molecule has 0 saturated carbocycles. The maximum Gasteiger partial charge on any atom is 0.328 e. The Morgan fingerprint density at radius 2 is 1.79 bits per heavy atom. The van der Waals surface area contributed by atoms with Gasteiger partial charge in [-0.25, -0.2) is 4.79 Å². The zero-order chi connectivity index (χ0) is 24.2. The molecule has 3 saturated heterocycles. The predicted octanol–water partition coefficient (Wildman–Crippen LogP) is 0.913. The molecule has 3 fully saturated rings. The zero-order valence-corrected chi connectivity index (χ0v) is 20.2. The molecule has 0 spiro atoms. The Labute approximate surface area is 200 Å². The van der Waals surface area contributed by atoms with Crippen LogP contribution >= 0.6 is 0 Å². The van der Waals surface area contributed by atoms with Gasteiger partial charge >= 0.3 is 5.97 Å². The van der Waals surface area contributed by atoms with E-state index in [9.17, 15) is 14.4 Å². The number of ether oxygens (including phenoxy) is 3. The van der Waals surface area contributed by atoms with Gasteiger partial charge in [0.25, 0.3) is 11.8 Å². The number of carbonyl (C=O) groups is 3. The van der Waals surface area contributed by atoms with Crippen molar-refractivity contribution in [1.82, 2.24) is 14.7 Å². The molecule has 0 aromatic heterocycles. The Hall–Kier alpha value is -2.49. The smallest absolute Gasteiger partial charge is 0.328 e. The topological polar surface area (TPSA) is 88.6 Å². The highest BCUT2D eigenvalue weighted by molar-refractivity contribution is 5.94. The molecule has 9 nitrogen and oxygen atoms in total. The lowest BCUT2D eigenvalue weighted by Gasteiger charge is -2.37. The highest BCUT2D eigenvalue weighted by atomic mass is 16.7. The SMILES string of the molecule is COC(=O)[C@H](CC(C)C)N1C[C@@H]2O[C@H](C1=O)[C@H](C(=O)N1CCN(CCc3ccccc3)CC1)O2. The highest BCUT2D eigenvalue weighted by Gasteiger charge is 2.54. The van der Waals surface area contributed by atoms with Gasteiger partial charge in [-0.1, -0.05) is 44.2 Å². The van der Waals surface area contributed by atoms with Crippen molar-refractivity contribution in [2.45, 2.75) is 51.2 Å². The van der Waals surface area contributed by atoms with E-state index in [4.69, 9.17) is 14.2 Å². The zero-order valence-electron chi connectivity index (χ0n) is 20.2. The predicted molar refractivity (Wildman–Crippen MR) is 124 cm³/mol. The van der Waals surface area contributed by atoms with Crippen LogP contribution in [0.25, 0.3) is 0 Å². The molecule has 3 aliphatic heterocycles. The van der Waals surface area contributed by atoms with Crippen molar-refractivity contribution >= 4 is 17.8 Å². The van der Waals surface area contributed by atoms with Gasteiger partial charge in [-0.05, 0) is 24.3 Å². The van der Waals surface area contributed by atoms with Crippen LogP contribution in [0.1, 0.15) is 25.8 Å². The summed E-state index contributed by atoms with van der Waals surface area (Å²) < 4.78 is 16.5. The first-order chi connectivity index (χ1) is 16.4. The Morgan fingerprint density at radius 1 is 1.09 bits per heavy atom. The summed E-state index contributed by atoms with van der Waals surface area (Å²) in [6, 6.07) is 9.65. The van der Waals surface area contributed by atoms with Crippen LogP contribution in [0.2, 0.25) is 0 Å².